The fourth-order valence-corrected chi connectivity index (χ4v) is 2.57. The van der Waals surface area contributed by atoms with Crippen LogP contribution < -0.4 is 0 Å². The van der Waals surface area contributed by atoms with Crippen molar-refractivity contribution in [3.8, 4) is 0 Å². The van der Waals surface area contributed by atoms with Crippen molar-refractivity contribution >= 4 is 0 Å². The molecule has 0 aliphatic rings. The van der Waals surface area contributed by atoms with Crippen molar-refractivity contribution in [3.63, 3.8) is 0 Å². The van der Waals surface area contributed by atoms with E-state index in [1.807, 2.05) is 53.7 Å². The number of hydrogen-bond donors (Lipinski definition) is 0. The maximum atomic E-state index is 5.83. The van der Waals surface area contributed by atoms with Crippen molar-refractivity contribution < 1.29 is 28.4 Å². The zero-order valence-corrected chi connectivity index (χ0v) is 17.6. The molecule has 0 N–H and O–H groups in total. The van der Waals surface area contributed by atoms with Crippen LogP contribution in [-0.2, 0) is 28.4 Å². The second-order valence-corrected chi connectivity index (χ2v) is 5.52. The quantitative estimate of drug-likeness (QED) is 0.267. The summed E-state index contributed by atoms with van der Waals surface area (Å²) < 4.78 is 34.2. The summed E-state index contributed by atoms with van der Waals surface area (Å²) in [6, 6.07) is 0. The van der Waals surface area contributed by atoms with E-state index in [2.05, 4.69) is 0 Å². The Balaban J connectivity index is 4.88. The van der Waals surface area contributed by atoms with Crippen LogP contribution in [0.2, 0.25) is 0 Å². The first-order valence-electron chi connectivity index (χ1n) is 10.0. The van der Waals surface area contributed by atoms with Gasteiger partial charge in [0.2, 0.25) is 0 Å². The lowest BCUT2D eigenvalue weighted by atomic mass is 10.1. The first kappa shape index (κ1) is 25.5. The zero-order chi connectivity index (χ0) is 19.6. The van der Waals surface area contributed by atoms with E-state index in [4.69, 9.17) is 28.4 Å². The molecule has 26 heavy (non-hydrogen) atoms. The monoisotopic (exact) mass is 376 g/mol. The van der Waals surface area contributed by atoms with E-state index in [0.717, 1.165) is 0 Å². The summed E-state index contributed by atoms with van der Waals surface area (Å²) in [6.07, 6.45) is 4.63. The highest BCUT2D eigenvalue weighted by Gasteiger charge is 2.18. The number of hydrogen-bond acceptors (Lipinski definition) is 6. The SMILES string of the molecule is CCOC(C=CC(CC(OCC)OCC)OCC)CC(OCC)OCC. The topological polar surface area (TPSA) is 55.4 Å². The Kier molecular flexibility index (Phi) is 17.5. The first-order valence-corrected chi connectivity index (χ1v) is 10.0. The fourth-order valence-electron chi connectivity index (χ4n) is 2.57. The molecule has 0 heterocycles. The van der Waals surface area contributed by atoms with Crippen LogP contribution >= 0.6 is 0 Å². The van der Waals surface area contributed by atoms with Crippen molar-refractivity contribution in [1.29, 1.82) is 0 Å². The maximum absolute atomic E-state index is 5.83. The molecular weight excluding hydrogens is 336 g/mol. The van der Waals surface area contributed by atoms with Crippen LogP contribution in [0.5, 0.6) is 0 Å². The molecule has 6 nitrogen and oxygen atoms in total. The molecule has 0 saturated heterocycles. The van der Waals surface area contributed by atoms with Crippen LogP contribution in [0.3, 0.4) is 0 Å². The van der Waals surface area contributed by atoms with Crippen LogP contribution in [-0.4, -0.2) is 64.4 Å². The normalized spacial score (nSPS) is 14.6. The number of ether oxygens (including phenoxy) is 6. The van der Waals surface area contributed by atoms with Crippen molar-refractivity contribution in [3.05, 3.63) is 12.2 Å². The Bertz CT molecular complexity index is 281. The van der Waals surface area contributed by atoms with E-state index < -0.39 is 0 Å². The highest BCUT2D eigenvalue weighted by molar-refractivity contribution is 4.96. The van der Waals surface area contributed by atoms with E-state index in [9.17, 15) is 0 Å². The van der Waals surface area contributed by atoms with Gasteiger partial charge in [-0.3, -0.25) is 0 Å². The molecule has 0 aromatic heterocycles. The molecule has 0 aliphatic carbocycles. The summed E-state index contributed by atoms with van der Waals surface area (Å²) in [4.78, 5) is 0. The lowest BCUT2D eigenvalue weighted by Crippen LogP contribution is -2.27. The number of rotatable bonds is 18. The third-order valence-corrected chi connectivity index (χ3v) is 3.56. The third-order valence-electron chi connectivity index (χ3n) is 3.56. The van der Waals surface area contributed by atoms with Crippen LogP contribution in [0.15, 0.2) is 12.2 Å². The van der Waals surface area contributed by atoms with Crippen molar-refractivity contribution in [1.82, 2.24) is 0 Å². The summed E-state index contributed by atoms with van der Waals surface area (Å²) in [5.74, 6) is 0. The average molecular weight is 377 g/mol. The lowest BCUT2D eigenvalue weighted by Gasteiger charge is -2.23. The lowest BCUT2D eigenvalue weighted by molar-refractivity contribution is -0.154. The summed E-state index contributed by atoms with van der Waals surface area (Å²) in [5, 5.41) is 0. The highest BCUT2D eigenvalue weighted by Crippen LogP contribution is 2.14. The molecule has 0 aliphatic heterocycles. The molecule has 0 amide bonds. The standard InChI is InChI=1S/C20H40O6/c1-7-21-17(15-19(23-9-3)24-10-4)13-14-18(22-8-2)16-20(25-11-5)26-12-6/h13-14,17-20H,7-12,15-16H2,1-6H3. The molecule has 2 atom stereocenters. The Labute approximate surface area is 160 Å². The van der Waals surface area contributed by atoms with Gasteiger partial charge in [0.05, 0.1) is 12.2 Å². The maximum Gasteiger partial charge on any atom is 0.160 e. The molecule has 0 fully saturated rings. The predicted molar refractivity (Wildman–Crippen MR) is 103 cm³/mol. The zero-order valence-electron chi connectivity index (χ0n) is 17.6. The molecule has 0 aromatic carbocycles. The van der Waals surface area contributed by atoms with E-state index in [0.29, 0.717) is 52.5 Å². The van der Waals surface area contributed by atoms with Crippen LogP contribution in [0.1, 0.15) is 54.4 Å². The molecule has 0 radical (unpaired) electrons. The van der Waals surface area contributed by atoms with Crippen molar-refractivity contribution in [2.75, 3.05) is 39.6 Å². The Morgan fingerprint density at radius 1 is 0.462 bits per heavy atom. The van der Waals surface area contributed by atoms with Crippen LogP contribution in [0.4, 0.5) is 0 Å². The van der Waals surface area contributed by atoms with E-state index in [-0.39, 0.29) is 24.8 Å². The third kappa shape index (κ3) is 12.8. The summed E-state index contributed by atoms with van der Waals surface area (Å²) in [6.45, 7) is 15.5. The molecule has 0 rings (SSSR count). The minimum absolute atomic E-state index is 0.0938. The largest absolute Gasteiger partial charge is 0.374 e. The Morgan fingerprint density at radius 2 is 0.731 bits per heavy atom. The summed E-state index contributed by atoms with van der Waals surface area (Å²) >= 11 is 0. The van der Waals surface area contributed by atoms with E-state index in [1.54, 1.807) is 0 Å². The first-order chi connectivity index (χ1) is 12.6. The summed E-state index contributed by atoms with van der Waals surface area (Å²) in [7, 11) is 0. The van der Waals surface area contributed by atoms with Crippen molar-refractivity contribution in [2.24, 2.45) is 0 Å². The second-order valence-electron chi connectivity index (χ2n) is 5.52. The molecule has 6 heteroatoms. The van der Waals surface area contributed by atoms with Gasteiger partial charge in [-0.25, -0.2) is 0 Å². The van der Waals surface area contributed by atoms with Gasteiger partial charge in [0, 0.05) is 52.5 Å². The minimum atomic E-state index is -0.267. The second kappa shape index (κ2) is 17.9. The minimum Gasteiger partial charge on any atom is -0.374 e. The molecule has 2 unspecified atom stereocenters. The van der Waals surface area contributed by atoms with Crippen molar-refractivity contribution in [2.45, 2.75) is 79.2 Å². The molecular formula is C20H40O6. The Morgan fingerprint density at radius 3 is 0.962 bits per heavy atom. The molecule has 0 bridgehead atoms. The van der Waals surface area contributed by atoms with Crippen LogP contribution in [0.25, 0.3) is 0 Å². The molecule has 156 valence electrons. The highest BCUT2D eigenvalue weighted by atomic mass is 16.7. The molecule has 0 saturated carbocycles. The average Bonchev–Trinajstić information content (AvgIpc) is 2.60. The van der Waals surface area contributed by atoms with Gasteiger partial charge < -0.3 is 28.4 Å². The van der Waals surface area contributed by atoms with Gasteiger partial charge in [0.15, 0.2) is 12.6 Å². The van der Waals surface area contributed by atoms with Gasteiger partial charge >= 0.3 is 0 Å². The molecule has 0 spiro atoms. The predicted octanol–water partition coefficient (Wildman–Crippen LogP) is 3.93. The van der Waals surface area contributed by atoms with Gasteiger partial charge in [-0.1, -0.05) is 12.2 Å². The van der Waals surface area contributed by atoms with Gasteiger partial charge in [-0.15, -0.1) is 0 Å². The fraction of sp³-hybridized carbons (Fsp3) is 0.900. The molecule has 0 aromatic rings. The summed E-state index contributed by atoms with van der Waals surface area (Å²) in [5.41, 5.74) is 0. The van der Waals surface area contributed by atoms with Gasteiger partial charge in [0.1, 0.15) is 0 Å². The van der Waals surface area contributed by atoms with Gasteiger partial charge in [-0.05, 0) is 41.5 Å². The Hall–Kier alpha value is -0.500. The smallest absolute Gasteiger partial charge is 0.160 e. The van der Waals surface area contributed by atoms with Gasteiger partial charge in [-0.2, -0.15) is 0 Å². The van der Waals surface area contributed by atoms with Crippen LogP contribution in [0, 0.1) is 0 Å². The van der Waals surface area contributed by atoms with E-state index >= 15 is 0 Å². The van der Waals surface area contributed by atoms with Gasteiger partial charge in [0.25, 0.3) is 0 Å². The van der Waals surface area contributed by atoms with E-state index in [1.165, 1.54) is 0 Å².